The van der Waals surface area contributed by atoms with E-state index in [0.717, 1.165) is 27.5 Å². The van der Waals surface area contributed by atoms with Crippen LogP contribution in [0, 0.1) is 6.92 Å². The van der Waals surface area contributed by atoms with Crippen LogP contribution in [0.2, 0.25) is 5.02 Å². The van der Waals surface area contributed by atoms with Crippen LogP contribution in [0.25, 0.3) is 0 Å². The number of aryl methyl sites for hydroxylation is 2. The lowest BCUT2D eigenvalue weighted by molar-refractivity contribution is -0.116. The Hall–Kier alpha value is -2.09. The van der Waals surface area contributed by atoms with Crippen molar-refractivity contribution in [1.29, 1.82) is 0 Å². The molecule has 0 heterocycles. The SMILES string of the molecule is CCc1cccc(C)c1NC(=O)CN(CC)S(=O)(=O)c1ccc(OC)c(Cl)c1. The van der Waals surface area contributed by atoms with Crippen LogP contribution >= 0.6 is 11.6 Å². The molecule has 6 nitrogen and oxygen atoms in total. The van der Waals surface area contributed by atoms with Crippen LogP contribution in [0.5, 0.6) is 5.75 Å². The first-order chi connectivity index (χ1) is 13.2. The summed E-state index contributed by atoms with van der Waals surface area (Å²) < 4.78 is 32.1. The number of likely N-dealkylation sites (N-methyl/N-ethyl adjacent to an activating group) is 1. The Labute approximate surface area is 171 Å². The molecule has 0 atom stereocenters. The maximum atomic E-state index is 12.9. The fourth-order valence-corrected chi connectivity index (χ4v) is 4.62. The average Bonchev–Trinajstić information content (AvgIpc) is 2.67. The first-order valence-electron chi connectivity index (χ1n) is 8.96. The normalized spacial score (nSPS) is 11.5. The lowest BCUT2D eigenvalue weighted by atomic mass is 10.1. The Morgan fingerprint density at radius 1 is 1.21 bits per heavy atom. The van der Waals surface area contributed by atoms with E-state index in [1.807, 2.05) is 32.0 Å². The molecule has 0 bridgehead atoms. The molecule has 0 radical (unpaired) electrons. The lowest BCUT2D eigenvalue weighted by Gasteiger charge is -2.21. The third-order valence-corrected chi connectivity index (χ3v) is 6.65. The number of anilines is 1. The summed E-state index contributed by atoms with van der Waals surface area (Å²) in [5.74, 6) is -0.0120. The molecule has 2 rings (SSSR count). The topological polar surface area (TPSA) is 75.7 Å². The van der Waals surface area contributed by atoms with Gasteiger partial charge in [0.15, 0.2) is 0 Å². The van der Waals surface area contributed by atoms with Crippen molar-refractivity contribution in [3.05, 3.63) is 52.5 Å². The second-order valence-corrected chi connectivity index (χ2v) is 8.58. The summed E-state index contributed by atoms with van der Waals surface area (Å²) in [6.45, 7) is 5.44. The molecule has 0 unspecified atom stereocenters. The molecule has 8 heteroatoms. The number of halogens is 1. The fraction of sp³-hybridized carbons (Fsp3) is 0.350. The van der Waals surface area contributed by atoms with Gasteiger partial charge in [-0.1, -0.05) is 43.6 Å². The van der Waals surface area contributed by atoms with Crippen molar-refractivity contribution in [2.24, 2.45) is 0 Å². The highest BCUT2D eigenvalue weighted by atomic mass is 35.5. The van der Waals surface area contributed by atoms with Gasteiger partial charge in [-0.2, -0.15) is 4.31 Å². The van der Waals surface area contributed by atoms with Gasteiger partial charge in [0, 0.05) is 12.2 Å². The summed E-state index contributed by atoms with van der Waals surface area (Å²) in [5.41, 5.74) is 2.66. The van der Waals surface area contributed by atoms with Crippen LogP contribution in [0.15, 0.2) is 41.3 Å². The molecule has 2 aromatic carbocycles. The molecule has 152 valence electrons. The summed E-state index contributed by atoms with van der Waals surface area (Å²) in [4.78, 5) is 12.6. The van der Waals surface area contributed by atoms with E-state index in [-0.39, 0.29) is 23.0 Å². The number of carbonyl (C=O) groups is 1. The van der Waals surface area contributed by atoms with Crippen molar-refractivity contribution in [2.45, 2.75) is 32.1 Å². The van der Waals surface area contributed by atoms with Gasteiger partial charge in [0.2, 0.25) is 15.9 Å². The second-order valence-electron chi connectivity index (χ2n) is 6.24. The Balaban J connectivity index is 2.23. The van der Waals surface area contributed by atoms with E-state index in [1.54, 1.807) is 6.92 Å². The Morgan fingerprint density at radius 2 is 1.93 bits per heavy atom. The molecule has 1 N–H and O–H groups in total. The van der Waals surface area contributed by atoms with E-state index in [1.165, 1.54) is 25.3 Å². The molecule has 1 amide bonds. The van der Waals surface area contributed by atoms with Crippen molar-refractivity contribution in [3.63, 3.8) is 0 Å². The average molecular weight is 425 g/mol. The van der Waals surface area contributed by atoms with Gasteiger partial charge in [-0.05, 0) is 42.7 Å². The standard InChI is InChI=1S/C20H25ClN2O4S/c1-5-15-9-7-8-14(3)20(15)22-19(24)13-23(6-2)28(25,26)16-10-11-18(27-4)17(21)12-16/h7-12H,5-6,13H2,1-4H3,(H,22,24). The molecule has 28 heavy (non-hydrogen) atoms. The number of amides is 1. The highest BCUT2D eigenvalue weighted by Gasteiger charge is 2.26. The van der Waals surface area contributed by atoms with E-state index in [2.05, 4.69) is 5.32 Å². The van der Waals surface area contributed by atoms with Gasteiger partial charge in [-0.15, -0.1) is 0 Å². The number of methoxy groups -OCH3 is 1. The Bertz CT molecular complexity index is 961. The number of nitrogens with one attached hydrogen (secondary N) is 1. The number of sulfonamides is 1. The Kier molecular flexibility index (Phi) is 7.46. The van der Waals surface area contributed by atoms with Crippen LogP contribution in [-0.2, 0) is 21.2 Å². The quantitative estimate of drug-likeness (QED) is 0.697. The predicted octanol–water partition coefficient (Wildman–Crippen LogP) is 3.87. The number of ether oxygens (including phenoxy) is 1. The summed E-state index contributed by atoms with van der Waals surface area (Å²) in [7, 11) is -2.43. The molecule has 0 aliphatic rings. The molecule has 0 aromatic heterocycles. The highest BCUT2D eigenvalue weighted by Crippen LogP contribution is 2.28. The number of rotatable bonds is 8. The molecule has 0 saturated heterocycles. The molecule has 0 fully saturated rings. The second kappa shape index (κ2) is 9.41. The van der Waals surface area contributed by atoms with Gasteiger partial charge in [0.05, 0.1) is 23.6 Å². The van der Waals surface area contributed by atoms with Gasteiger partial charge in [0.1, 0.15) is 5.75 Å². The van der Waals surface area contributed by atoms with Crippen molar-refractivity contribution < 1.29 is 17.9 Å². The van der Waals surface area contributed by atoms with Crippen LogP contribution in [-0.4, -0.2) is 38.8 Å². The smallest absolute Gasteiger partial charge is 0.243 e. The molecular weight excluding hydrogens is 400 g/mol. The first-order valence-corrected chi connectivity index (χ1v) is 10.8. The molecule has 0 aliphatic carbocycles. The number of hydrogen-bond acceptors (Lipinski definition) is 4. The van der Waals surface area contributed by atoms with Crippen molar-refractivity contribution in [1.82, 2.24) is 4.31 Å². The van der Waals surface area contributed by atoms with E-state index in [9.17, 15) is 13.2 Å². The number of nitrogens with zero attached hydrogens (tertiary/aromatic N) is 1. The van der Waals surface area contributed by atoms with Gasteiger partial charge in [-0.25, -0.2) is 8.42 Å². The van der Waals surface area contributed by atoms with Crippen molar-refractivity contribution >= 4 is 33.2 Å². The van der Waals surface area contributed by atoms with Gasteiger partial charge in [-0.3, -0.25) is 4.79 Å². The molecule has 0 spiro atoms. The predicted molar refractivity (Wildman–Crippen MR) is 112 cm³/mol. The van der Waals surface area contributed by atoms with Crippen molar-refractivity contribution in [2.75, 3.05) is 25.5 Å². The summed E-state index contributed by atoms with van der Waals surface area (Å²) in [6.07, 6.45) is 0.761. The van der Waals surface area contributed by atoms with E-state index < -0.39 is 15.9 Å². The minimum absolute atomic E-state index is 0.0121. The third-order valence-electron chi connectivity index (χ3n) is 4.44. The van der Waals surface area contributed by atoms with E-state index in [4.69, 9.17) is 16.3 Å². The number of para-hydroxylation sites is 1. The molecule has 2 aromatic rings. The summed E-state index contributed by atoms with van der Waals surface area (Å²) in [5, 5.41) is 3.05. The van der Waals surface area contributed by atoms with Crippen molar-refractivity contribution in [3.8, 4) is 5.75 Å². The molecule has 0 aliphatic heterocycles. The zero-order valence-corrected chi connectivity index (χ0v) is 18.0. The zero-order chi connectivity index (χ0) is 20.9. The monoisotopic (exact) mass is 424 g/mol. The third kappa shape index (κ3) is 4.84. The maximum absolute atomic E-state index is 12.9. The zero-order valence-electron chi connectivity index (χ0n) is 16.5. The maximum Gasteiger partial charge on any atom is 0.243 e. The largest absolute Gasteiger partial charge is 0.495 e. The summed E-state index contributed by atoms with van der Waals surface area (Å²) >= 11 is 6.06. The highest BCUT2D eigenvalue weighted by molar-refractivity contribution is 7.89. The van der Waals surface area contributed by atoms with E-state index in [0.29, 0.717) is 5.75 Å². The Morgan fingerprint density at radius 3 is 2.50 bits per heavy atom. The van der Waals surface area contributed by atoms with Gasteiger partial charge < -0.3 is 10.1 Å². The van der Waals surface area contributed by atoms with Crippen LogP contribution in [0.4, 0.5) is 5.69 Å². The van der Waals surface area contributed by atoms with Crippen LogP contribution in [0.3, 0.4) is 0 Å². The number of benzene rings is 2. The molecule has 0 saturated carbocycles. The number of carbonyl (C=O) groups excluding carboxylic acids is 1. The molecular formula is C20H25ClN2O4S. The van der Waals surface area contributed by atoms with Crippen LogP contribution < -0.4 is 10.1 Å². The van der Waals surface area contributed by atoms with E-state index >= 15 is 0 Å². The number of hydrogen-bond donors (Lipinski definition) is 1. The minimum atomic E-state index is -3.88. The first kappa shape index (κ1) is 22.2. The van der Waals surface area contributed by atoms with Gasteiger partial charge >= 0.3 is 0 Å². The van der Waals surface area contributed by atoms with Gasteiger partial charge in [0.25, 0.3) is 0 Å². The minimum Gasteiger partial charge on any atom is -0.495 e. The fourth-order valence-electron chi connectivity index (χ4n) is 2.86. The van der Waals surface area contributed by atoms with Crippen LogP contribution in [0.1, 0.15) is 25.0 Å². The lowest BCUT2D eigenvalue weighted by Crippen LogP contribution is -2.38. The summed E-state index contributed by atoms with van der Waals surface area (Å²) in [6, 6.07) is 10.0.